The van der Waals surface area contributed by atoms with Crippen molar-refractivity contribution in [3.63, 3.8) is 0 Å². The van der Waals surface area contributed by atoms with Crippen LogP contribution in [0.5, 0.6) is 5.75 Å². The predicted molar refractivity (Wildman–Crippen MR) is 118 cm³/mol. The van der Waals surface area contributed by atoms with Gasteiger partial charge in [0.15, 0.2) is 0 Å². The van der Waals surface area contributed by atoms with Crippen LogP contribution >= 0.6 is 11.3 Å². The maximum Gasteiger partial charge on any atom is 0.268 e. The first kappa shape index (κ1) is 21.3. The lowest BCUT2D eigenvalue weighted by Gasteiger charge is -2.09. The van der Waals surface area contributed by atoms with E-state index in [-0.39, 0.29) is 5.57 Å². The van der Waals surface area contributed by atoms with Crippen molar-refractivity contribution in [2.24, 2.45) is 5.92 Å². The van der Waals surface area contributed by atoms with E-state index in [9.17, 15) is 10.1 Å². The molecule has 0 unspecified atom stereocenters. The van der Waals surface area contributed by atoms with Crippen LogP contribution in [0.3, 0.4) is 0 Å². The molecule has 2 aromatic heterocycles. The normalized spacial score (nSPS) is 11.4. The zero-order valence-corrected chi connectivity index (χ0v) is 17.9. The molecule has 154 valence electrons. The Morgan fingerprint density at radius 1 is 1.30 bits per heavy atom. The summed E-state index contributed by atoms with van der Waals surface area (Å²) >= 11 is 1.32. The number of carbonyl (C=O) groups excluding carboxylic acids is 1. The molecule has 1 amide bonds. The number of nitrogens with one attached hydrogen (secondary N) is 1. The molecular formula is C22H23N5O2S. The minimum atomic E-state index is -0.510. The predicted octanol–water partition coefficient (Wildman–Crippen LogP) is 4.47. The van der Waals surface area contributed by atoms with Crippen LogP contribution < -0.4 is 10.1 Å². The van der Waals surface area contributed by atoms with Crippen LogP contribution in [0.25, 0.3) is 11.8 Å². The van der Waals surface area contributed by atoms with Gasteiger partial charge in [0.25, 0.3) is 5.91 Å². The molecular weight excluding hydrogens is 398 g/mol. The number of ether oxygens (including phenoxy) is 1. The molecule has 0 saturated carbocycles. The smallest absolute Gasteiger partial charge is 0.268 e. The molecule has 0 spiro atoms. The minimum Gasteiger partial charge on any atom is -0.494 e. The second-order valence-corrected chi connectivity index (χ2v) is 8.01. The summed E-state index contributed by atoms with van der Waals surface area (Å²) in [6.45, 7) is 6.72. The van der Waals surface area contributed by atoms with Crippen molar-refractivity contribution in [3.05, 3.63) is 58.9 Å². The summed E-state index contributed by atoms with van der Waals surface area (Å²) < 4.78 is 7.37. The Hall–Kier alpha value is -3.44. The lowest BCUT2D eigenvalue weighted by Crippen LogP contribution is -2.13. The summed E-state index contributed by atoms with van der Waals surface area (Å²) in [5.74, 6) is 0.729. The number of rotatable bonds is 8. The average molecular weight is 422 g/mol. The van der Waals surface area contributed by atoms with E-state index in [4.69, 9.17) is 4.74 Å². The van der Waals surface area contributed by atoms with E-state index in [2.05, 4.69) is 29.4 Å². The first-order valence-corrected chi connectivity index (χ1v) is 10.5. The Bertz CT molecular complexity index is 1070. The summed E-state index contributed by atoms with van der Waals surface area (Å²) in [7, 11) is 0. The molecule has 7 nitrogen and oxygen atoms in total. The highest BCUT2D eigenvalue weighted by Crippen LogP contribution is 2.21. The highest BCUT2D eigenvalue weighted by Gasteiger charge is 2.14. The minimum absolute atomic E-state index is 0.0125. The SMILES string of the molecule is CCOc1ccc(-n2cccc2/C=C(/C#N)C(=O)Nc2nnc(CC(C)C)s2)cc1. The van der Waals surface area contributed by atoms with Crippen molar-refractivity contribution in [2.75, 3.05) is 11.9 Å². The first-order chi connectivity index (χ1) is 14.5. The maximum absolute atomic E-state index is 12.6. The summed E-state index contributed by atoms with van der Waals surface area (Å²) in [5, 5.41) is 21.5. The zero-order valence-electron chi connectivity index (χ0n) is 17.1. The molecule has 0 saturated heterocycles. The lowest BCUT2D eigenvalue weighted by atomic mass is 10.1. The Balaban J connectivity index is 1.78. The quantitative estimate of drug-likeness (QED) is 0.428. The van der Waals surface area contributed by atoms with Crippen molar-refractivity contribution in [3.8, 4) is 17.5 Å². The third-order valence-corrected chi connectivity index (χ3v) is 4.99. The Morgan fingerprint density at radius 2 is 2.07 bits per heavy atom. The molecule has 0 aliphatic carbocycles. The van der Waals surface area contributed by atoms with E-state index in [0.29, 0.717) is 23.4 Å². The standard InChI is InChI=1S/C22H23N5O2S/c1-4-29-19-9-7-17(8-10-19)27-11-5-6-18(27)13-16(14-23)21(28)24-22-26-25-20(30-22)12-15(2)3/h5-11,13,15H,4,12H2,1-3H3,(H,24,26,28)/b16-13-. The molecule has 0 atom stereocenters. The molecule has 0 fully saturated rings. The van der Waals surface area contributed by atoms with E-state index >= 15 is 0 Å². The van der Waals surface area contributed by atoms with Crippen LogP contribution in [0.1, 0.15) is 31.5 Å². The van der Waals surface area contributed by atoms with Crippen LogP contribution in [0.2, 0.25) is 0 Å². The van der Waals surface area contributed by atoms with E-state index in [1.54, 1.807) is 6.08 Å². The summed E-state index contributed by atoms with van der Waals surface area (Å²) in [5.41, 5.74) is 1.60. The van der Waals surface area contributed by atoms with Crippen LogP contribution in [0, 0.1) is 17.2 Å². The van der Waals surface area contributed by atoms with Gasteiger partial charge in [-0.15, -0.1) is 10.2 Å². The van der Waals surface area contributed by atoms with Gasteiger partial charge in [0, 0.05) is 24.0 Å². The van der Waals surface area contributed by atoms with Gasteiger partial charge in [0.05, 0.1) is 6.61 Å². The number of nitriles is 1. The van der Waals surface area contributed by atoms with Gasteiger partial charge in [-0.3, -0.25) is 10.1 Å². The fraction of sp³-hybridized carbons (Fsp3) is 0.273. The number of anilines is 1. The number of nitrogens with zero attached hydrogens (tertiary/aromatic N) is 4. The number of aromatic nitrogens is 3. The number of hydrogen-bond acceptors (Lipinski definition) is 6. The molecule has 0 bridgehead atoms. The molecule has 3 aromatic rings. The van der Waals surface area contributed by atoms with Gasteiger partial charge in [-0.25, -0.2) is 0 Å². The third kappa shape index (κ3) is 5.33. The van der Waals surface area contributed by atoms with E-state index in [0.717, 1.165) is 22.9 Å². The Labute approximate surface area is 179 Å². The third-order valence-electron chi connectivity index (χ3n) is 4.13. The lowest BCUT2D eigenvalue weighted by molar-refractivity contribution is -0.112. The van der Waals surface area contributed by atoms with Crippen LogP contribution in [-0.4, -0.2) is 27.3 Å². The highest BCUT2D eigenvalue weighted by molar-refractivity contribution is 7.15. The molecule has 8 heteroatoms. The van der Waals surface area contributed by atoms with Gasteiger partial charge in [-0.05, 0) is 55.3 Å². The fourth-order valence-corrected chi connectivity index (χ4v) is 3.76. The van der Waals surface area contributed by atoms with Gasteiger partial charge >= 0.3 is 0 Å². The number of carbonyl (C=O) groups is 1. The number of amides is 1. The van der Waals surface area contributed by atoms with Crippen LogP contribution in [0.15, 0.2) is 48.2 Å². The van der Waals surface area contributed by atoms with Crippen LogP contribution in [-0.2, 0) is 11.2 Å². The monoisotopic (exact) mass is 421 g/mol. The summed E-state index contributed by atoms with van der Waals surface area (Å²) in [6, 6.07) is 13.3. The van der Waals surface area contributed by atoms with E-state index in [1.165, 1.54) is 11.3 Å². The van der Waals surface area contributed by atoms with Crippen molar-refractivity contribution in [1.82, 2.24) is 14.8 Å². The fourth-order valence-electron chi connectivity index (χ4n) is 2.81. The molecule has 30 heavy (non-hydrogen) atoms. The van der Waals surface area contributed by atoms with Gasteiger partial charge < -0.3 is 9.30 Å². The summed E-state index contributed by atoms with van der Waals surface area (Å²) in [6.07, 6.45) is 4.23. The molecule has 1 N–H and O–H groups in total. The van der Waals surface area contributed by atoms with Gasteiger partial charge in [0.1, 0.15) is 22.4 Å². The molecule has 0 aliphatic rings. The van der Waals surface area contributed by atoms with Crippen molar-refractivity contribution < 1.29 is 9.53 Å². The van der Waals surface area contributed by atoms with Crippen molar-refractivity contribution >= 4 is 28.5 Å². The molecule has 3 rings (SSSR count). The van der Waals surface area contributed by atoms with E-state index in [1.807, 2.05) is 60.2 Å². The van der Waals surface area contributed by atoms with Gasteiger partial charge in [-0.1, -0.05) is 25.2 Å². The highest BCUT2D eigenvalue weighted by atomic mass is 32.1. The van der Waals surface area contributed by atoms with Crippen molar-refractivity contribution in [2.45, 2.75) is 27.2 Å². The van der Waals surface area contributed by atoms with Gasteiger partial charge in [0.2, 0.25) is 5.13 Å². The Kier molecular flexibility index (Phi) is 6.99. The molecule has 1 aromatic carbocycles. The van der Waals surface area contributed by atoms with Crippen molar-refractivity contribution in [1.29, 1.82) is 5.26 Å². The average Bonchev–Trinajstić information content (AvgIpc) is 3.35. The largest absolute Gasteiger partial charge is 0.494 e. The maximum atomic E-state index is 12.6. The summed E-state index contributed by atoms with van der Waals surface area (Å²) in [4.78, 5) is 12.6. The van der Waals surface area contributed by atoms with E-state index < -0.39 is 5.91 Å². The molecule has 2 heterocycles. The zero-order chi connectivity index (χ0) is 21.5. The second kappa shape index (κ2) is 9.85. The second-order valence-electron chi connectivity index (χ2n) is 6.95. The Morgan fingerprint density at radius 3 is 2.73 bits per heavy atom. The number of benzene rings is 1. The topological polar surface area (TPSA) is 92.8 Å². The first-order valence-electron chi connectivity index (χ1n) is 9.66. The number of hydrogen-bond donors (Lipinski definition) is 1. The van der Waals surface area contributed by atoms with Crippen LogP contribution in [0.4, 0.5) is 5.13 Å². The molecule has 0 radical (unpaired) electrons. The van der Waals surface area contributed by atoms with Gasteiger partial charge in [-0.2, -0.15) is 5.26 Å². The molecule has 0 aliphatic heterocycles.